The number of methoxy groups -OCH3 is 1. The highest BCUT2D eigenvalue weighted by molar-refractivity contribution is 5.94. The van der Waals surface area contributed by atoms with Crippen LogP contribution in [-0.2, 0) is 4.74 Å². The maximum Gasteiger partial charge on any atom is 0.337 e. The van der Waals surface area contributed by atoms with Crippen LogP contribution in [0.2, 0.25) is 0 Å². The van der Waals surface area contributed by atoms with Crippen LogP contribution in [0.15, 0.2) is 41.0 Å². The van der Waals surface area contributed by atoms with Crippen LogP contribution in [0, 0.1) is 0 Å². The molecule has 2 aromatic heterocycles. The number of aromatic nitrogens is 2. The number of rotatable bonds is 2. The first-order chi connectivity index (χ1) is 9.20. The molecule has 2 heterocycles. The SMILES string of the molecule is COC(=O)c1ccc2nc(-c3ccco3)n(O)c2c1. The predicted octanol–water partition coefficient (Wildman–Crippen LogP) is 2.32. The van der Waals surface area contributed by atoms with E-state index in [-0.39, 0.29) is 5.82 Å². The van der Waals surface area contributed by atoms with Crippen molar-refractivity contribution in [2.45, 2.75) is 0 Å². The van der Waals surface area contributed by atoms with E-state index in [9.17, 15) is 10.0 Å². The third kappa shape index (κ3) is 1.74. The Kier molecular flexibility index (Phi) is 2.49. The molecule has 0 amide bonds. The summed E-state index contributed by atoms with van der Waals surface area (Å²) in [6, 6.07) is 8.14. The Hall–Kier alpha value is -2.76. The van der Waals surface area contributed by atoms with E-state index >= 15 is 0 Å². The molecule has 3 aromatic rings. The van der Waals surface area contributed by atoms with E-state index in [1.807, 2.05) is 0 Å². The zero-order valence-corrected chi connectivity index (χ0v) is 10.0. The maximum atomic E-state index is 11.5. The highest BCUT2D eigenvalue weighted by Crippen LogP contribution is 2.24. The van der Waals surface area contributed by atoms with Crippen molar-refractivity contribution in [2.24, 2.45) is 0 Å². The first kappa shape index (κ1) is 11.3. The van der Waals surface area contributed by atoms with Gasteiger partial charge in [0.1, 0.15) is 5.52 Å². The predicted molar refractivity (Wildman–Crippen MR) is 66.0 cm³/mol. The molecule has 0 aliphatic carbocycles. The van der Waals surface area contributed by atoms with Gasteiger partial charge in [0.15, 0.2) is 5.76 Å². The van der Waals surface area contributed by atoms with Crippen LogP contribution < -0.4 is 0 Å². The summed E-state index contributed by atoms with van der Waals surface area (Å²) in [5.74, 6) is 0.253. The Bertz CT molecular complexity index is 743. The van der Waals surface area contributed by atoms with Crippen molar-refractivity contribution < 1.29 is 19.2 Å². The number of carbonyl (C=O) groups is 1. The second-order valence-corrected chi connectivity index (χ2v) is 3.92. The van der Waals surface area contributed by atoms with Crippen molar-refractivity contribution in [1.29, 1.82) is 0 Å². The van der Waals surface area contributed by atoms with Gasteiger partial charge in [-0.3, -0.25) is 0 Å². The van der Waals surface area contributed by atoms with E-state index in [0.29, 0.717) is 22.4 Å². The molecule has 1 N–H and O–H groups in total. The van der Waals surface area contributed by atoms with Crippen LogP contribution in [-0.4, -0.2) is 28.0 Å². The number of nitrogens with zero attached hydrogens (tertiary/aromatic N) is 2. The number of carbonyl (C=O) groups excluding carboxylic acids is 1. The smallest absolute Gasteiger partial charge is 0.337 e. The molecular formula is C13H10N2O4. The molecule has 19 heavy (non-hydrogen) atoms. The van der Waals surface area contributed by atoms with Gasteiger partial charge in [-0.15, -0.1) is 0 Å². The average molecular weight is 258 g/mol. The number of imidazole rings is 1. The molecular weight excluding hydrogens is 248 g/mol. The van der Waals surface area contributed by atoms with Gasteiger partial charge in [0.25, 0.3) is 0 Å². The van der Waals surface area contributed by atoms with Crippen LogP contribution in [0.5, 0.6) is 0 Å². The molecule has 3 rings (SSSR count). The van der Waals surface area contributed by atoms with Crippen LogP contribution in [0.4, 0.5) is 0 Å². The molecule has 0 unspecified atom stereocenters. The minimum Gasteiger partial charge on any atom is -0.465 e. The average Bonchev–Trinajstić information content (AvgIpc) is 3.06. The Morgan fingerprint density at radius 1 is 1.42 bits per heavy atom. The van der Waals surface area contributed by atoms with Gasteiger partial charge in [0.2, 0.25) is 5.82 Å². The normalized spacial score (nSPS) is 10.8. The molecule has 0 saturated carbocycles. The van der Waals surface area contributed by atoms with Gasteiger partial charge in [0, 0.05) is 0 Å². The molecule has 1 aromatic carbocycles. The lowest BCUT2D eigenvalue weighted by molar-refractivity contribution is 0.0601. The van der Waals surface area contributed by atoms with Gasteiger partial charge >= 0.3 is 5.97 Å². The van der Waals surface area contributed by atoms with Gasteiger partial charge in [0.05, 0.1) is 24.5 Å². The topological polar surface area (TPSA) is 77.5 Å². The lowest BCUT2D eigenvalue weighted by Crippen LogP contribution is -2.01. The van der Waals surface area contributed by atoms with Crippen molar-refractivity contribution >= 4 is 17.0 Å². The van der Waals surface area contributed by atoms with Gasteiger partial charge < -0.3 is 14.4 Å². The van der Waals surface area contributed by atoms with E-state index in [0.717, 1.165) is 4.73 Å². The third-order valence-corrected chi connectivity index (χ3v) is 2.79. The van der Waals surface area contributed by atoms with Crippen molar-refractivity contribution in [2.75, 3.05) is 7.11 Å². The summed E-state index contributed by atoms with van der Waals surface area (Å²) >= 11 is 0. The van der Waals surface area contributed by atoms with E-state index in [1.54, 1.807) is 24.3 Å². The van der Waals surface area contributed by atoms with Crippen molar-refractivity contribution in [3.8, 4) is 11.6 Å². The second kappa shape index (κ2) is 4.16. The van der Waals surface area contributed by atoms with Crippen LogP contribution in [0.1, 0.15) is 10.4 Å². The first-order valence-corrected chi connectivity index (χ1v) is 5.54. The number of esters is 1. The van der Waals surface area contributed by atoms with E-state index in [1.165, 1.54) is 19.4 Å². The lowest BCUT2D eigenvalue weighted by Gasteiger charge is -2.00. The molecule has 0 atom stereocenters. The highest BCUT2D eigenvalue weighted by atomic mass is 16.5. The van der Waals surface area contributed by atoms with Crippen molar-refractivity contribution in [3.63, 3.8) is 0 Å². The summed E-state index contributed by atoms with van der Waals surface area (Å²) in [4.78, 5) is 15.7. The maximum absolute atomic E-state index is 11.5. The molecule has 0 spiro atoms. The molecule has 0 radical (unpaired) electrons. The summed E-state index contributed by atoms with van der Waals surface area (Å²) in [6.07, 6.45) is 1.49. The quantitative estimate of drug-likeness (QED) is 0.563. The number of benzene rings is 1. The molecule has 6 nitrogen and oxygen atoms in total. The Morgan fingerprint density at radius 2 is 2.26 bits per heavy atom. The number of ether oxygens (including phenoxy) is 1. The van der Waals surface area contributed by atoms with Gasteiger partial charge in [-0.05, 0) is 30.3 Å². The summed E-state index contributed by atoms with van der Waals surface area (Å²) < 4.78 is 10.7. The standard InChI is InChI=1S/C13H10N2O4/c1-18-13(16)8-4-5-9-10(7-8)15(17)12(14-9)11-3-2-6-19-11/h2-7,17H,1H3. The molecule has 0 saturated heterocycles. The van der Waals surface area contributed by atoms with Gasteiger partial charge in [-0.2, -0.15) is 4.73 Å². The summed E-state index contributed by atoms with van der Waals surface area (Å²) in [7, 11) is 1.30. The second-order valence-electron chi connectivity index (χ2n) is 3.92. The van der Waals surface area contributed by atoms with Gasteiger partial charge in [-0.1, -0.05) is 0 Å². The van der Waals surface area contributed by atoms with Crippen molar-refractivity contribution in [1.82, 2.24) is 9.71 Å². The van der Waals surface area contributed by atoms with E-state index in [4.69, 9.17) is 4.42 Å². The third-order valence-electron chi connectivity index (χ3n) is 2.79. The largest absolute Gasteiger partial charge is 0.465 e. The van der Waals surface area contributed by atoms with Crippen LogP contribution in [0.25, 0.3) is 22.6 Å². The Morgan fingerprint density at radius 3 is 2.95 bits per heavy atom. The summed E-state index contributed by atoms with van der Waals surface area (Å²) in [6.45, 7) is 0. The van der Waals surface area contributed by atoms with E-state index < -0.39 is 5.97 Å². The fourth-order valence-corrected chi connectivity index (χ4v) is 1.87. The zero-order chi connectivity index (χ0) is 13.4. The fourth-order valence-electron chi connectivity index (χ4n) is 1.87. The van der Waals surface area contributed by atoms with Gasteiger partial charge in [-0.25, -0.2) is 9.78 Å². The number of hydrogen-bond acceptors (Lipinski definition) is 5. The molecule has 0 aliphatic heterocycles. The van der Waals surface area contributed by atoms with Crippen molar-refractivity contribution in [3.05, 3.63) is 42.2 Å². The highest BCUT2D eigenvalue weighted by Gasteiger charge is 2.16. The lowest BCUT2D eigenvalue weighted by atomic mass is 10.2. The zero-order valence-electron chi connectivity index (χ0n) is 10.0. The van der Waals surface area contributed by atoms with E-state index in [2.05, 4.69) is 9.72 Å². The monoisotopic (exact) mass is 258 g/mol. The fraction of sp³-hybridized carbons (Fsp3) is 0.0769. The minimum atomic E-state index is -0.470. The molecule has 96 valence electrons. The molecule has 0 bridgehead atoms. The number of hydrogen-bond donors (Lipinski definition) is 1. The molecule has 6 heteroatoms. The van der Waals surface area contributed by atoms with Crippen LogP contribution in [0.3, 0.4) is 0 Å². The molecule has 0 fully saturated rings. The Labute approximate surface area is 107 Å². The molecule has 0 aliphatic rings. The van der Waals surface area contributed by atoms with Crippen LogP contribution >= 0.6 is 0 Å². The first-order valence-electron chi connectivity index (χ1n) is 5.54. The minimum absolute atomic E-state index is 0.280. The Balaban J connectivity index is 2.19. The summed E-state index contributed by atoms with van der Waals surface area (Å²) in [5.41, 5.74) is 1.31. The summed E-state index contributed by atoms with van der Waals surface area (Å²) in [5, 5.41) is 10.1. The number of furan rings is 1. The number of fused-ring (bicyclic) bond motifs is 1.